The minimum absolute atomic E-state index is 0.0908. The molecule has 3 rings (SSSR count). The van der Waals surface area contributed by atoms with Crippen LogP contribution in [0.15, 0.2) is 24.3 Å². The number of benzene rings is 1. The molecule has 21 heavy (non-hydrogen) atoms. The summed E-state index contributed by atoms with van der Waals surface area (Å²) in [4.78, 5) is 18.5. The van der Waals surface area contributed by atoms with E-state index in [-0.39, 0.29) is 6.03 Å². The highest BCUT2D eigenvalue weighted by Crippen LogP contribution is 2.21. The molecule has 2 fully saturated rings. The lowest BCUT2D eigenvalue weighted by Gasteiger charge is -2.28. The second kappa shape index (κ2) is 6.32. The minimum Gasteiger partial charge on any atom is -0.399 e. The fourth-order valence-electron chi connectivity index (χ4n) is 2.77. The molecule has 2 aliphatic rings. The molecule has 2 saturated heterocycles. The van der Waals surface area contributed by atoms with Gasteiger partial charge in [0.2, 0.25) is 0 Å². The molecular weight excluding hydrogens is 268 g/mol. The Morgan fingerprint density at radius 2 is 1.71 bits per heavy atom. The van der Waals surface area contributed by atoms with E-state index < -0.39 is 0 Å². The Labute approximate surface area is 125 Å². The summed E-state index contributed by atoms with van der Waals surface area (Å²) in [6.45, 7) is 6.75. The summed E-state index contributed by atoms with van der Waals surface area (Å²) in [6, 6.07) is 7.56. The van der Waals surface area contributed by atoms with Crippen LogP contribution in [-0.4, -0.2) is 68.3 Å². The summed E-state index contributed by atoms with van der Waals surface area (Å²) in [5, 5.41) is 0. The van der Waals surface area contributed by atoms with Gasteiger partial charge in [0.25, 0.3) is 0 Å². The van der Waals surface area contributed by atoms with Crippen LogP contribution in [-0.2, 0) is 4.74 Å². The summed E-state index contributed by atoms with van der Waals surface area (Å²) in [7, 11) is 0. The number of hydrogen-bond donors (Lipinski definition) is 1. The van der Waals surface area contributed by atoms with E-state index in [4.69, 9.17) is 10.5 Å². The highest BCUT2D eigenvalue weighted by molar-refractivity contribution is 5.94. The maximum atomic E-state index is 12.4. The first-order valence-electron chi connectivity index (χ1n) is 7.46. The van der Waals surface area contributed by atoms with Gasteiger partial charge < -0.3 is 15.4 Å². The summed E-state index contributed by atoms with van der Waals surface area (Å²) in [5.74, 6) is 0. The van der Waals surface area contributed by atoms with Gasteiger partial charge in [0.15, 0.2) is 0 Å². The van der Waals surface area contributed by atoms with E-state index >= 15 is 0 Å². The first-order chi connectivity index (χ1) is 10.2. The molecule has 114 valence electrons. The van der Waals surface area contributed by atoms with Crippen LogP contribution in [0.5, 0.6) is 0 Å². The van der Waals surface area contributed by atoms with Gasteiger partial charge in [-0.3, -0.25) is 9.80 Å². The summed E-state index contributed by atoms with van der Waals surface area (Å²) in [5.41, 5.74) is 7.32. The lowest BCUT2D eigenvalue weighted by Crippen LogP contribution is -2.42. The van der Waals surface area contributed by atoms with Crippen molar-refractivity contribution in [2.45, 2.75) is 0 Å². The first kappa shape index (κ1) is 14.2. The van der Waals surface area contributed by atoms with Gasteiger partial charge in [0.05, 0.1) is 13.2 Å². The Bertz CT molecular complexity index is 485. The molecule has 0 aromatic heterocycles. The lowest BCUT2D eigenvalue weighted by atomic mass is 10.2. The third kappa shape index (κ3) is 3.28. The van der Waals surface area contributed by atoms with Crippen LogP contribution in [0.2, 0.25) is 0 Å². The van der Waals surface area contributed by atoms with Gasteiger partial charge in [-0.2, -0.15) is 0 Å². The predicted octanol–water partition coefficient (Wildman–Crippen LogP) is 0.843. The molecule has 0 aliphatic carbocycles. The number of rotatable bonds is 4. The van der Waals surface area contributed by atoms with Gasteiger partial charge in [0.1, 0.15) is 0 Å². The molecule has 0 spiro atoms. The smallest absolute Gasteiger partial charge is 0.324 e. The number of carbonyl (C=O) groups excluding carboxylic acids is 1. The zero-order chi connectivity index (χ0) is 14.7. The maximum absolute atomic E-state index is 12.4. The average molecular weight is 290 g/mol. The Hall–Kier alpha value is -1.79. The van der Waals surface area contributed by atoms with Crippen molar-refractivity contribution < 1.29 is 9.53 Å². The maximum Gasteiger partial charge on any atom is 0.324 e. The van der Waals surface area contributed by atoms with Crippen LogP contribution in [0.4, 0.5) is 16.2 Å². The number of carbonyl (C=O) groups is 1. The fraction of sp³-hybridized carbons (Fsp3) is 0.533. The highest BCUT2D eigenvalue weighted by atomic mass is 16.5. The van der Waals surface area contributed by atoms with Crippen molar-refractivity contribution in [2.24, 2.45) is 0 Å². The zero-order valence-electron chi connectivity index (χ0n) is 12.2. The number of amides is 2. The molecule has 6 heteroatoms. The number of hydrogen-bond acceptors (Lipinski definition) is 4. The van der Waals surface area contributed by atoms with Crippen molar-refractivity contribution in [1.82, 2.24) is 9.80 Å². The molecule has 2 amide bonds. The van der Waals surface area contributed by atoms with E-state index in [9.17, 15) is 4.79 Å². The quantitative estimate of drug-likeness (QED) is 0.835. The summed E-state index contributed by atoms with van der Waals surface area (Å²) in [6.07, 6.45) is 0. The molecule has 0 unspecified atom stereocenters. The summed E-state index contributed by atoms with van der Waals surface area (Å²) >= 11 is 0. The monoisotopic (exact) mass is 290 g/mol. The highest BCUT2D eigenvalue weighted by Gasteiger charge is 2.29. The number of morpholine rings is 1. The Morgan fingerprint density at radius 1 is 1.00 bits per heavy atom. The lowest BCUT2D eigenvalue weighted by molar-refractivity contribution is 0.0356. The largest absolute Gasteiger partial charge is 0.399 e. The van der Waals surface area contributed by atoms with Crippen molar-refractivity contribution in [3.8, 4) is 0 Å². The minimum atomic E-state index is 0.0908. The van der Waals surface area contributed by atoms with Crippen LogP contribution >= 0.6 is 0 Å². The van der Waals surface area contributed by atoms with Gasteiger partial charge in [-0.15, -0.1) is 0 Å². The Morgan fingerprint density at radius 3 is 2.43 bits per heavy atom. The van der Waals surface area contributed by atoms with E-state index in [1.54, 1.807) is 0 Å². The molecule has 0 bridgehead atoms. The second-order valence-electron chi connectivity index (χ2n) is 5.47. The van der Waals surface area contributed by atoms with E-state index in [2.05, 4.69) is 4.90 Å². The molecule has 2 N–H and O–H groups in total. The van der Waals surface area contributed by atoms with E-state index in [1.807, 2.05) is 34.1 Å². The first-order valence-corrected chi connectivity index (χ1v) is 7.46. The molecule has 2 aliphatic heterocycles. The van der Waals surface area contributed by atoms with Gasteiger partial charge in [0, 0.05) is 50.6 Å². The van der Waals surface area contributed by atoms with Gasteiger partial charge in [-0.25, -0.2) is 4.79 Å². The molecule has 0 radical (unpaired) electrons. The molecule has 0 saturated carbocycles. The van der Waals surface area contributed by atoms with Crippen LogP contribution in [0, 0.1) is 0 Å². The molecule has 0 atom stereocenters. The second-order valence-corrected chi connectivity index (χ2v) is 5.47. The van der Waals surface area contributed by atoms with Crippen molar-refractivity contribution >= 4 is 17.4 Å². The SMILES string of the molecule is Nc1ccc(N2CCN(CCN3CCOCC3)C2=O)cc1. The Balaban J connectivity index is 1.54. The van der Waals surface area contributed by atoms with Crippen LogP contribution in [0.3, 0.4) is 0 Å². The van der Waals surface area contributed by atoms with Crippen molar-refractivity contribution in [3.05, 3.63) is 24.3 Å². The molecule has 1 aromatic rings. The normalized spacial score (nSPS) is 20.3. The fourth-order valence-corrected chi connectivity index (χ4v) is 2.77. The number of nitrogens with two attached hydrogens (primary N) is 1. The molecule has 1 aromatic carbocycles. The summed E-state index contributed by atoms with van der Waals surface area (Å²) < 4.78 is 5.34. The standard InChI is InChI=1S/C15H22N4O2/c16-13-1-3-14(4-2-13)19-8-7-18(15(19)20)6-5-17-9-11-21-12-10-17/h1-4H,5-12,16H2. The molecular formula is C15H22N4O2. The van der Waals surface area contributed by atoms with Crippen molar-refractivity contribution in [3.63, 3.8) is 0 Å². The molecule has 2 heterocycles. The number of urea groups is 1. The zero-order valence-corrected chi connectivity index (χ0v) is 12.2. The number of nitrogen functional groups attached to an aromatic ring is 1. The van der Waals surface area contributed by atoms with Crippen LogP contribution in [0.25, 0.3) is 0 Å². The molecule has 6 nitrogen and oxygen atoms in total. The van der Waals surface area contributed by atoms with E-state index in [0.717, 1.165) is 63.9 Å². The Kier molecular flexibility index (Phi) is 4.26. The predicted molar refractivity (Wildman–Crippen MR) is 82.4 cm³/mol. The van der Waals surface area contributed by atoms with Crippen LogP contribution in [0.1, 0.15) is 0 Å². The van der Waals surface area contributed by atoms with Crippen molar-refractivity contribution in [2.75, 3.05) is 63.1 Å². The number of anilines is 2. The number of nitrogens with zero attached hydrogens (tertiary/aromatic N) is 3. The van der Waals surface area contributed by atoms with E-state index in [1.165, 1.54) is 0 Å². The van der Waals surface area contributed by atoms with Crippen LogP contribution < -0.4 is 10.6 Å². The van der Waals surface area contributed by atoms with Gasteiger partial charge in [-0.05, 0) is 24.3 Å². The van der Waals surface area contributed by atoms with Crippen molar-refractivity contribution in [1.29, 1.82) is 0 Å². The third-order valence-corrected chi connectivity index (χ3v) is 4.09. The topological polar surface area (TPSA) is 62.0 Å². The number of ether oxygens (including phenoxy) is 1. The third-order valence-electron chi connectivity index (χ3n) is 4.09. The average Bonchev–Trinajstić information content (AvgIpc) is 2.88. The van der Waals surface area contributed by atoms with Gasteiger partial charge >= 0.3 is 6.03 Å². The van der Waals surface area contributed by atoms with E-state index in [0.29, 0.717) is 0 Å². The van der Waals surface area contributed by atoms with Gasteiger partial charge in [-0.1, -0.05) is 0 Å².